The first-order chi connectivity index (χ1) is 8.61. The maximum absolute atomic E-state index is 13.5. The summed E-state index contributed by atoms with van der Waals surface area (Å²) < 4.78 is 18.8. The predicted molar refractivity (Wildman–Crippen MR) is 71.1 cm³/mol. The lowest BCUT2D eigenvalue weighted by atomic mass is 10.0. The van der Waals surface area contributed by atoms with Gasteiger partial charge in [0.25, 0.3) is 0 Å². The molecule has 1 saturated carbocycles. The number of hydrogen-bond donors (Lipinski definition) is 1. The zero-order valence-electron chi connectivity index (χ0n) is 11.4. The number of nitrogens with one attached hydrogen (secondary N) is 1. The van der Waals surface area contributed by atoms with Crippen molar-refractivity contribution in [2.45, 2.75) is 38.8 Å². The second-order valence-electron chi connectivity index (χ2n) is 5.30. The lowest BCUT2D eigenvalue weighted by Gasteiger charge is -2.23. The van der Waals surface area contributed by atoms with E-state index in [-0.39, 0.29) is 11.9 Å². The van der Waals surface area contributed by atoms with Gasteiger partial charge in [-0.1, -0.05) is 12.1 Å². The van der Waals surface area contributed by atoms with Gasteiger partial charge >= 0.3 is 0 Å². The highest BCUT2D eigenvalue weighted by atomic mass is 19.1. The van der Waals surface area contributed by atoms with Crippen LogP contribution >= 0.6 is 0 Å². The number of methoxy groups -OCH3 is 1. The van der Waals surface area contributed by atoms with E-state index in [9.17, 15) is 4.39 Å². The number of rotatable bonds is 6. The Hall–Kier alpha value is -0.930. The van der Waals surface area contributed by atoms with Crippen LogP contribution in [0, 0.1) is 18.7 Å². The fourth-order valence-corrected chi connectivity index (χ4v) is 2.29. The molecule has 2 unspecified atom stereocenters. The van der Waals surface area contributed by atoms with E-state index in [1.165, 1.54) is 12.8 Å². The minimum Gasteiger partial charge on any atom is -0.383 e. The highest BCUT2D eigenvalue weighted by Crippen LogP contribution is 2.34. The van der Waals surface area contributed by atoms with E-state index in [0.717, 1.165) is 18.1 Å². The van der Waals surface area contributed by atoms with Gasteiger partial charge in [-0.2, -0.15) is 0 Å². The van der Waals surface area contributed by atoms with Gasteiger partial charge in [0, 0.05) is 19.2 Å². The van der Waals surface area contributed by atoms with Crippen molar-refractivity contribution < 1.29 is 9.13 Å². The van der Waals surface area contributed by atoms with E-state index in [4.69, 9.17) is 4.74 Å². The van der Waals surface area contributed by atoms with Crippen molar-refractivity contribution in [1.29, 1.82) is 0 Å². The van der Waals surface area contributed by atoms with E-state index in [2.05, 4.69) is 12.2 Å². The van der Waals surface area contributed by atoms with Crippen molar-refractivity contribution in [1.82, 2.24) is 5.32 Å². The van der Waals surface area contributed by atoms with Crippen molar-refractivity contribution >= 4 is 0 Å². The molecule has 2 rings (SSSR count). The third-order valence-corrected chi connectivity index (χ3v) is 3.70. The Bertz CT molecular complexity index is 403. The summed E-state index contributed by atoms with van der Waals surface area (Å²) in [5, 5.41) is 3.55. The topological polar surface area (TPSA) is 21.3 Å². The van der Waals surface area contributed by atoms with Crippen LogP contribution in [0.15, 0.2) is 18.2 Å². The van der Waals surface area contributed by atoms with Crippen molar-refractivity contribution in [3.05, 3.63) is 35.1 Å². The molecule has 2 atom stereocenters. The third kappa shape index (κ3) is 3.30. The van der Waals surface area contributed by atoms with Gasteiger partial charge in [0.05, 0.1) is 6.61 Å². The van der Waals surface area contributed by atoms with Gasteiger partial charge in [-0.05, 0) is 49.8 Å². The summed E-state index contributed by atoms with van der Waals surface area (Å²) in [7, 11) is 1.73. The van der Waals surface area contributed by atoms with E-state index in [1.807, 2.05) is 12.1 Å². The summed E-state index contributed by atoms with van der Waals surface area (Å²) in [6.45, 7) is 4.59. The number of benzene rings is 1. The summed E-state index contributed by atoms with van der Waals surface area (Å²) in [5.41, 5.74) is 1.70. The molecule has 18 heavy (non-hydrogen) atoms. The molecule has 1 N–H and O–H groups in total. The maximum Gasteiger partial charge on any atom is 0.126 e. The van der Waals surface area contributed by atoms with Gasteiger partial charge in [0.15, 0.2) is 0 Å². The SMILES string of the molecule is COCC(NC(C)c1ccc(C)c(F)c1)C1CC1. The van der Waals surface area contributed by atoms with E-state index >= 15 is 0 Å². The highest BCUT2D eigenvalue weighted by molar-refractivity contribution is 5.25. The van der Waals surface area contributed by atoms with Crippen LogP contribution in [0.2, 0.25) is 0 Å². The minimum atomic E-state index is -0.129. The molecule has 1 aliphatic carbocycles. The summed E-state index contributed by atoms with van der Waals surface area (Å²) in [4.78, 5) is 0. The van der Waals surface area contributed by atoms with Crippen LogP contribution in [-0.2, 0) is 4.74 Å². The lowest BCUT2D eigenvalue weighted by Crippen LogP contribution is -2.37. The quantitative estimate of drug-likeness (QED) is 0.838. The van der Waals surface area contributed by atoms with Gasteiger partial charge in [-0.15, -0.1) is 0 Å². The minimum absolute atomic E-state index is 0.129. The fraction of sp³-hybridized carbons (Fsp3) is 0.600. The summed E-state index contributed by atoms with van der Waals surface area (Å²) in [6, 6.07) is 6.00. The van der Waals surface area contributed by atoms with Crippen LogP contribution in [0.25, 0.3) is 0 Å². The van der Waals surface area contributed by atoms with E-state index < -0.39 is 0 Å². The van der Waals surface area contributed by atoms with Gasteiger partial charge in [0.2, 0.25) is 0 Å². The average molecular weight is 251 g/mol. The maximum atomic E-state index is 13.5. The van der Waals surface area contributed by atoms with Gasteiger partial charge in [-0.3, -0.25) is 0 Å². The first kappa shape index (κ1) is 13.5. The van der Waals surface area contributed by atoms with Crippen LogP contribution in [0.3, 0.4) is 0 Å². The number of halogens is 1. The Morgan fingerprint density at radius 1 is 1.44 bits per heavy atom. The molecule has 0 spiro atoms. The molecule has 0 aromatic heterocycles. The second kappa shape index (κ2) is 5.81. The molecule has 0 saturated heterocycles. The largest absolute Gasteiger partial charge is 0.383 e. The number of ether oxygens (including phenoxy) is 1. The Morgan fingerprint density at radius 3 is 2.72 bits per heavy atom. The van der Waals surface area contributed by atoms with E-state index in [1.54, 1.807) is 20.1 Å². The lowest BCUT2D eigenvalue weighted by molar-refractivity contribution is 0.152. The zero-order valence-corrected chi connectivity index (χ0v) is 11.4. The van der Waals surface area contributed by atoms with Gasteiger partial charge in [-0.25, -0.2) is 4.39 Å². The molecule has 0 heterocycles. The molecule has 100 valence electrons. The molecule has 1 aromatic carbocycles. The molecule has 0 radical (unpaired) electrons. The van der Waals surface area contributed by atoms with Crippen LogP contribution in [0.1, 0.15) is 36.9 Å². The highest BCUT2D eigenvalue weighted by Gasteiger charge is 2.31. The zero-order chi connectivity index (χ0) is 13.1. The van der Waals surface area contributed by atoms with E-state index in [0.29, 0.717) is 11.6 Å². The summed E-state index contributed by atoms with van der Waals surface area (Å²) >= 11 is 0. The van der Waals surface area contributed by atoms with Crippen LogP contribution < -0.4 is 5.32 Å². The smallest absolute Gasteiger partial charge is 0.126 e. The van der Waals surface area contributed by atoms with Crippen LogP contribution in [-0.4, -0.2) is 19.8 Å². The van der Waals surface area contributed by atoms with Crippen LogP contribution in [0.4, 0.5) is 4.39 Å². The Labute approximate surface area is 109 Å². The molecular formula is C15H22FNO. The first-order valence-corrected chi connectivity index (χ1v) is 6.63. The van der Waals surface area contributed by atoms with Crippen molar-refractivity contribution in [2.24, 2.45) is 5.92 Å². The summed E-state index contributed by atoms with van der Waals surface area (Å²) in [5.74, 6) is 0.596. The Balaban J connectivity index is 2.00. The molecule has 1 fully saturated rings. The fourth-order valence-electron chi connectivity index (χ4n) is 2.29. The Kier molecular flexibility index (Phi) is 4.36. The third-order valence-electron chi connectivity index (χ3n) is 3.70. The molecule has 1 aromatic rings. The molecular weight excluding hydrogens is 229 g/mol. The molecule has 0 amide bonds. The first-order valence-electron chi connectivity index (χ1n) is 6.63. The van der Waals surface area contributed by atoms with Gasteiger partial charge < -0.3 is 10.1 Å². The van der Waals surface area contributed by atoms with Crippen molar-refractivity contribution in [3.63, 3.8) is 0 Å². The number of hydrogen-bond acceptors (Lipinski definition) is 2. The van der Waals surface area contributed by atoms with Crippen LogP contribution in [0.5, 0.6) is 0 Å². The normalized spacial score (nSPS) is 18.7. The molecule has 1 aliphatic rings. The molecule has 2 nitrogen and oxygen atoms in total. The second-order valence-corrected chi connectivity index (χ2v) is 5.30. The average Bonchev–Trinajstić information content (AvgIpc) is 3.16. The Morgan fingerprint density at radius 2 is 2.17 bits per heavy atom. The molecule has 0 bridgehead atoms. The van der Waals surface area contributed by atoms with Crippen molar-refractivity contribution in [2.75, 3.05) is 13.7 Å². The molecule has 0 aliphatic heterocycles. The standard InChI is InChI=1S/C15H22FNO/c1-10-4-5-13(8-14(10)16)11(2)17-15(9-18-3)12-6-7-12/h4-5,8,11-12,15,17H,6-7,9H2,1-3H3. The summed E-state index contributed by atoms with van der Waals surface area (Å²) in [6.07, 6.45) is 2.55. The monoisotopic (exact) mass is 251 g/mol. The number of aryl methyl sites for hydroxylation is 1. The van der Waals surface area contributed by atoms with Gasteiger partial charge in [0.1, 0.15) is 5.82 Å². The van der Waals surface area contributed by atoms with Crippen molar-refractivity contribution in [3.8, 4) is 0 Å². The molecule has 3 heteroatoms. The predicted octanol–water partition coefficient (Wildman–Crippen LogP) is 3.21.